The SMILES string of the molecule is COC[C@H](COc1ccccc1)Oc1ccc(CN)c(C(F)(F)F)c1. The van der Waals surface area contributed by atoms with E-state index in [2.05, 4.69) is 0 Å². The first-order chi connectivity index (χ1) is 11.9. The summed E-state index contributed by atoms with van der Waals surface area (Å²) in [5.74, 6) is 0.727. The summed E-state index contributed by atoms with van der Waals surface area (Å²) in [7, 11) is 1.48. The number of nitrogens with two attached hydrogens (primary N) is 1. The second-order valence-electron chi connectivity index (χ2n) is 5.34. The molecule has 1 atom stereocenters. The molecule has 136 valence electrons. The number of ether oxygens (including phenoxy) is 3. The van der Waals surface area contributed by atoms with Crippen molar-refractivity contribution < 1.29 is 27.4 Å². The van der Waals surface area contributed by atoms with Gasteiger partial charge < -0.3 is 19.9 Å². The van der Waals surface area contributed by atoms with Crippen molar-refractivity contribution in [3.8, 4) is 11.5 Å². The fourth-order valence-corrected chi connectivity index (χ4v) is 2.27. The topological polar surface area (TPSA) is 53.7 Å². The van der Waals surface area contributed by atoms with Crippen molar-refractivity contribution in [2.45, 2.75) is 18.8 Å². The van der Waals surface area contributed by atoms with Gasteiger partial charge in [-0.1, -0.05) is 24.3 Å². The normalized spacial score (nSPS) is 12.7. The van der Waals surface area contributed by atoms with E-state index in [4.69, 9.17) is 19.9 Å². The summed E-state index contributed by atoms with van der Waals surface area (Å²) in [6.07, 6.45) is -5.05. The molecule has 2 aromatic carbocycles. The summed E-state index contributed by atoms with van der Waals surface area (Å²) in [5, 5.41) is 0. The van der Waals surface area contributed by atoms with E-state index in [9.17, 15) is 13.2 Å². The van der Waals surface area contributed by atoms with Crippen molar-refractivity contribution in [2.24, 2.45) is 5.73 Å². The molecule has 0 aliphatic rings. The van der Waals surface area contributed by atoms with Gasteiger partial charge in [-0.3, -0.25) is 0 Å². The third-order valence-corrected chi connectivity index (χ3v) is 3.44. The molecule has 0 aliphatic carbocycles. The monoisotopic (exact) mass is 355 g/mol. The Morgan fingerprint density at radius 2 is 1.72 bits per heavy atom. The zero-order chi connectivity index (χ0) is 18.3. The molecule has 0 aromatic heterocycles. The predicted octanol–water partition coefficient (Wildman–Crippen LogP) is 3.64. The van der Waals surface area contributed by atoms with Crippen LogP contribution in [0.1, 0.15) is 11.1 Å². The maximum atomic E-state index is 13.1. The van der Waals surface area contributed by atoms with Gasteiger partial charge in [0.15, 0.2) is 6.10 Å². The van der Waals surface area contributed by atoms with E-state index in [1.54, 1.807) is 12.1 Å². The summed E-state index contributed by atoms with van der Waals surface area (Å²) >= 11 is 0. The molecule has 4 nitrogen and oxygen atoms in total. The van der Waals surface area contributed by atoms with Crippen molar-refractivity contribution in [3.63, 3.8) is 0 Å². The third kappa shape index (κ3) is 5.65. The predicted molar refractivity (Wildman–Crippen MR) is 87.6 cm³/mol. The summed E-state index contributed by atoms with van der Waals surface area (Å²) in [5.41, 5.74) is 4.60. The Balaban J connectivity index is 2.10. The van der Waals surface area contributed by atoms with Crippen LogP contribution < -0.4 is 15.2 Å². The number of hydrogen-bond donors (Lipinski definition) is 1. The first kappa shape index (κ1) is 19.1. The number of hydrogen-bond acceptors (Lipinski definition) is 4. The Labute approximate surface area is 144 Å². The van der Waals surface area contributed by atoms with Gasteiger partial charge in [0, 0.05) is 13.7 Å². The molecule has 25 heavy (non-hydrogen) atoms. The van der Waals surface area contributed by atoms with Gasteiger partial charge in [-0.25, -0.2) is 0 Å². The van der Waals surface area contributed by atoms with E-state index in [1.165, 1.54) is 19.2 Å². The molecule has 0 saturated heterocycles. The molecule has 0 fully saturated rings. The van der Waals surface area contributed by atoms with Gasteiger partial charge in [0.1, 0.15) is 18.1 Å². The first-order valence-electron chi connectivity index (χ1n) is 7.67. The minimum absolute atomic E-state index is 0.0173. The smallest absolute Gasteiger partial charge is 0.416 e. The highest BCUT2D eigenvalue weighted by molar-refractivity contribution is 5.37. The van der Waals surface area contributed by atoms with E-state index in [1.807, 2.05) is 18.2 Å². The van der Waals surface area contributed by atoms with Gasteiger partial charge in [0.25, 0.3) is 0 Å². The maximum Gasteiger partial charge on any atom is 0.416 e. The lowest BCUT2D eigenvalue weighted by Gasteiger charge is -2.20. The van der Waals surface area contributed by atoms with Crippen molar-refractivity contribution >= 4 is 0 Å². The maximum absolute atomic E-state index is 13.1. The van der Waals surface area contributed by atoms with Crippen LogP contribution >= 0.6 is 0 Å². The molecule has 0 amide bonds. The highest BCUT2D eigenvalue weighted by atomic mass is 19.4. The lowest BCUT2D eigenvalue weighted by atomic mass is 10.1. The number of methoxy groups -OCH3 is 1. The number of alkyl halides is 3. The fraction of sp³-hybridized carbons (Fsp3) is 0.333. The van der Waals surface area contributed by atoms with Crippen LogP contribution in [0.4, 0.5) is 13.2 Å². The molecule has 7 heteroatoms. The number of para-hydroxylation sites is 1. The largest absolute Gasteiger partial charge is 0.490 e. The Morgan fingerprint density at radius 1 is 1.00 bits per heavy atom. The van der Waals surface area contributed by atoms with E-state index in [0.717, 1.165) is 6.07 Å². The lowest BCUT2D eigenvalue weighted by Crippen LogP contribution is -2.29. The van der Waals surface area contributed by atoms with Crippen LogP contribution in [0.2, 0.25) is 0 Å². The van der Waals surface area contributed by atoms with Crippen molar-refractivity contribution in [1.29, 1.82) is 0 Å². The molecule has 0 heterocycles. The van der Waals surface area contributed by atoms with Gasteiger partial charge in [-0.15, -0.1) is 0 Å². The van der Waals surface area contributed by atoms with Crippen LogP contribution in [0.15, 0.2) is 48.5 Å². The van der Waals surface area contributed by atoms with E-state index in [0.29, 0.717) is 5.75 Å². The van der Waals surface area contributed by atoms with Gasteiger partial charge >= 0.3 is 6.18 Å². The summed E-state index contributed by atoms with van der Waals surface area (Å²) in [6.45, 7) is 0.110. The van der Waals surface area contributed by atoms with Gasteiger partial charge in [-0.2, -0.15) is 13.2 Å². The van der Waals surface area contributed by atoms with Crippen LogP contribution in [0, 0.1) is 0 Å². The van der Waals surface area contributed by atoms with E-state index < -0.39 is 17.8 Å². The molecule has 2 rings (SSSR count). The Hall–Kier alpha value is -2.25. The summed E-state index contributed by atoms with van der Waals surface area (Å²) in [6, 6.07) is 12.8. The fourth-order valence-electron chi connectivity index (χ4n) is 2.27. The molecule has 0 unspecified atom stereocenters. The van der Waals surface area contributed by atoms with Gasteiger partial charge in [0.05, 0.1) is 12.2 Å². The summed E-state index contributed by atoms with van der Waals surface area (Å²) in [4.78, 5) is 0. The molecule has 2 aromatic rings. The lowest BCUT2D eigenvalue weighted by molar-refractivity contribution is -0.138. The van der Waals surface area contributed by atoms with Crippen molar-refractivity contribution in [3.05, 3.63) is 59.7 Å². The average Bonchev–Trinajstić information content (AvgIpc) is 2.60. The molecular formula is C18H20F3NO3. The first-order valence-corrected chi connectivity index (χ1v) is 7.67. The number of halogens is 3. The second kappa shape index (κ2) is 8.73. The quantitative estimate of drug-likeness (QED) is 0.786. The van der Waals surface area contributed by atoms with E-state index >= 15 is 0 Å². The molecule has 0 aliphatic heterocycles. The molecule has 0 bridgehead atoms. The van der Waals surface area contributed by atoms with E-state index in [-0.39, 0.29) is 31.1 Å². The summed E-state index contributed by atoms with van der Waals surface area (Å²) < 4.78 is 55.6. The average molecular weight is 355 g/mol. The zero-order valence-electron chi connectivity index (χ0n) is 13.8. The highest BCUT2D eigenvalue weighted by Gasteiger charge is 2.33. The molecule has 2 N–H and O–H groups in total. The van der Waals surface area contributed by atoms with Gasteiger partial charge in [-0.05, 0) is 29.8 Å². The van der Waals surface area contributed by atoms with Crippen LogP contribution in [0.25, 0.3) is 0 Å². The number of rotatable bonds is 8. The molecule has 0 radical (unpaired) electrons. The standard InChI is InChI=1S/C18H20F3NO3/c1-23-11-16(12-24-14-5-3-2-4-6-14)25-15-8-7-13(10-22)17(9-15)18(19,20)21/h2-9,16H,10-12,22H2,1H3/t16-/m1/s1. The van der Waals surface area contributed by atoms with Crippen LogP contribution in [-0.2, 0) is 17.5 Å². The second-order valence-corrected chi connectivity index (χ2v) is 5.34. The van der Waals surface area contributed by atoms with Crippen LogP contribution in [0.3, 0.4) is 0 Å². The van der Waals surface area contributed by atoms with Crippen LogP contribution in [-0.4, -0.2) is 26.4 Å². The van der Waals surface area contributed by atoms with Gasteiger partial charge in [0.2, 0.25) is 0 Å². The Kier molecular flexibility index (Phi) is 6.66. The minimum atomic E-state index is -4.49. The molecule has 0 saturated carbocycles. The van der Waals surface area contributed by atoms with Crippen molar-refractivity contribution in [2.75, 3.05) is 20.3 Å². The third-order valence-electron chi connectivity index (χ3n) is 3.44. The Morgan fingerprint density at radius 3 is 2.32 bits per heavy atom. The highest BCUT2D eigenvalue weighted by Crippen LogP contribution is 2.34. The van der Waals surface area contributed by atoms with Crippen LogP contribution in [0.5, 0.6) is 11.5 Å². The van der Waals surface area contributed by atoms with Crippen molar-refractivity contribution in [1.82, 2.24) is 0 Å². The molecular weight excluding hydrogens is 335 g/mol. The molecule has 0 spiro atoms. The Bertz CT molecular complexity index is 662. The number of benzene rings is 2. The zero-order valence-corrected chi connectivity index (χ0v) is 13.8. The minimum Gasteiger partial charge on any atom is -0.490 e.